The Balaban J connectivity index is 1.50. The number of anilines is 1. The van der Waals surface area contributed by atoms with Crippen LogP contribution in [-0.2, 0) is 21.0 Å². The van der Waals surface area contributed by atoms with Gasteiger partial charge in [0.25, 0.3) is 5.91 Å². The molecule has 2 aliphatic heterocycles. The molecule has 0 unspecified atom stereocenters. The van der Waals surface area contributed by atoms with Crippen molar-refractivity contribution in [3.8, 4) is 0 Å². The molecule has 25 heavy (non-hydrogen) atoms. The summed E-state index contributed by atoms with van der Waals surface area (Å²) in [5.41, 5.74) is 1.41. The summed E-state index contributed by atoms with van der Waals surface area (Å²) in [5.74, 6) is 0.417. The lowest BCUT2D eigenvalue weighted by molar-refractivity contribution is 0.0794. The van der Waals surface area contributed by atoms with Crippen LogP contribution in [-0.4, -0.2) is 38.3 Å². The molecule has 0 atom stereocenters. The van der Waals surface area contributed by atoms with E-state index in [1.54, 1.807) is 12.1 Å². The van der Waals surface area contributed by atoms with Gasteiger partial charge in [0.05, 0.1) is 10.6 Å². The molecule has 132 valence electrons. The number of amides is 1. The maximum Gasteiger partial charge on any atom is 0.277 e. The van der Waals surface area contributed by atoms with Crippen LogP contribution in [0.2, 0.25) is 0 Å². The number of nitrogens with one attached hydrogen (secondary N) is 1. The molecule has 0 spiro atoms. The van der Waals surface area contributed by atoms with Gasteiger partial charge >= 0.3 is 0 Å². The lowest BCUT2D eigenvalue weighted by atomic mass is 10.0. The Kier molecular flexibility index (Phi) is 4.09. The third kappa shape index (κ3) is 3.19. The molecule has 2 aliphatic rings. The quantitative estimate of drug-likeness (QED) is 0.898. The van der Waals surface area contributed by atoms with Gasteiger partial charge in [-0.05, 0) is 37.0 Å². The number of hydrogen-bond acceptors (Lipinski definition) is 6. The third-order valence-corrected chi connectivity index (χ3v) is 6.42. The molecule has 0 radical (unpaired) electrons. The second kappa shape index (κ2) is 6.27. The smallest absolute Gasteiger partial charge is 0.277 e. The van der Waals surface area contributed by atoms with E-state index in [1.165, 1.54) is 12.3 Å². The first-order chi connectivity index (χ1) is 12.0. The fourth-order valence-electron chi connectivity index (χ4n) is 3.20. The summed E-state index contributed by atoms with van der Waals surface area (Å²) in [4.78, 5) is 16.9. The van der Waals surface area contributed by atoms with Gasteiger partial charge in [0, 0.05) is 24.8 Å². The Morgan fingerprint density at radius 3 is 2.84 bits per heavy atom. The number of fused-ring (bicyclic) bond motifs is 1. The van der Waals surface area contributed by atoms with Gasteiger partial charge in [-0.3, -0.25) is 4.79 Å². The second-order valence-corrected chi connectivity index (χ2v) is 8.38. The molecule has 7 nitrogen and oxygen atoms in total. The van der Waals surface area contributed by atoms with E-state index in [1.807, 2.05) is 0 Å². The zero-order valence-corrected chi connectivity index (χ0v) is 14.3. The number of hydrogen-bond donors (Lipinski definition) is 1. The number of nitrogens with zero attached hydrogens (tertiary/aromatic N) is 1. The van der Waals surface area contributed by atoms with Crippen LogP contribution in [0.1, 0.15) is 40.7 Å². The van der Waals surface area contributed by atoms with E-state index in [-0.39, 0.29) is 17.4 Å². The Morgan fingerprint density at radius 2 is 2.04 bits per heavy atom. The molecular formula is C17H18N2O5S. The first-order valence-electron chi connectivity index (χ1n) is 8.23. The molecular weight excluding hydrogens is 344 g/mol. The normalized spacial score (nSPS) is 19.5. The number of aryl methyl sites for hydroxylation is 1. The summed E-state index contributed by atoms with van der Waals surface area (Å²) in [6.45, 7) is 1.33. The van der Waals surface area contributed by atoms with Crippen LogP contribution in [0.25, 0.3) is 0 Å². The molecule has 1 fully saturated rings. The van der Waals surface area contributed by atoms with Crippen molar-refractivity contribution >= 4 is 21.4 Å². The van der Waals surface area contributed by atoms with Gasteiger partial charge < -0.3 is 14.5 Å². The molecule has 1 N–H and O–H groups in total. The maximum absolute atomic E-state index is 12.4. The molecule has 2 aromatic rings. The van der Waals surface area contributed by atoms with Crippen LogP contribution in [0.15, 0.2) is 33.8 Å². The molecule has 1 aromatic carbocycles. The number of benzene rings is 1. The first kappa shape index (κ1) is 16.3. The molecule has 0 saturated carbocycles. The fourth-order valence-corrected chi connectivity index (χ4v) is 4.79. The molecule has 4 rings (SSSR count). The topological polar surface area (TPSA) is 98.5 Å². The summed E-state index contributed by atoms with van der Waals surface area (Å²) < 4.78 is 34.7. The summed E-state index contributed by atoms with van der Waals surface area (Å²) in [6.07, 6.45) is 3.50. The molecule has 0 aliphatic carbocycles. The van der Waals surface area contributed by atoms with Gasteiger partial charge in [-0.1, -0.05) is 6.07 Å². The van der Waals surface area contributed by atoms with E-state index in [9.17, 15) is 13.2 Å². The largest absolute Gasteiger partial charge is 0.448 e. The van der Waals surface area contributed by atoms with E-state index >= 15 is 0 Å². The number of ether oxygens (including phenoxy) is 1. The standard InChI is InChI=1S/C17H18N2O5S/c20-16(14-10-24-17(19-14)12-3-6-23-7-4-12)18-13-2-1-11-5-8-25(21,22)15(11)9-13/h1-2,9-10,12H,3-8H2,(H,18,20). The number of carbonyl (C=O) groups is 1. The predicted octanol–water partition coefficient (Wildman–Crippen LogP) is 2.15. The molecule has 1 saturated heterocycles. The first-order valence-corrected chi connectivity index (χ1v) is 9.88. The van der Waals surface area contributed by atoms with Crippen LogP contribution in [0, 0.1) is 0 Å². The molecule has 1 aromatic heterocycles. The summed E-state index contributed by atoms with van der Waals surface area (Å²) >= 11 is 0. The van der Waals surface area contributed by atoms with Crippen LogP contribution in [0.3, 0.4) is 0 Å². The minimum Gasteiger partial charge on any atom is -0.448 e. The van der Waals surface area contributed by atoms with Gasteiger partial charge in [-0.2, -0.15) is 0 Å². The average Bonchev–Trinajstić information content (AvgIpc) is 3.22. The molecule has 8 heteroatoms. The number of carbonyl (C=O) groups excluding carboxylic acids is 1. The highest BCUT2D eigenvalue weighted by Gasteiger charge is 2.27. The van der Waals surface area contributed by atoms with Crippen molar-refractivity contribution in [1.82, 2.24) is 4.98 Å². The Morgan fingerprint density at radius 1 is 1.24 bits per heavy atom. The van der Waals surface area contributed by atoms with Crippen molar-refractivity contribution in [2.24, 2.45) is 0 Å². The van der Waals surface area contributed by atoms with Crippen LogP contribution in [0.5, 0.6) is 0 Å². The lowest BCUT2D eigenvalue weighted by Gasteiger charge is -2.18. The Labute approximate surface area is 145 Å². The van der Waals surface area contributed by atoms with Gasteiger partial charge in [0.1, 0.15) is 6.26 Å². The van der Waals surface area contributed by atoms with E-state index < -0.39 is 15.7 Å². The molecule has 3 heterocycles. The van der Waals surface area contributed by atoms with Gasteiger partial charge in [-0.15, -0.1) is 0 Å². The lowest BCUT2D eigenvalue weighted by Crippen LogP contribution is -2.16. The van der Waals surface area contributed by atoms with E-state index in [4.69, 9.17) is 9.15 Å². The molecule has 1 amide bonds. The molecule has 0 bridgehead atoms. The number of rotatable bonds is 3. The van der Waals surface area contributed by atoms with Crippen molar-refractivity contribution in [3.05, 3.63) is 41.6 Å². The maximum atomic E-state index is 12.4. The van der Waals surface area contributed by atoms with Crippen molar-refractivity contribution < 1.29 is 22.4 Å². The predicted molar refractivity (Wildman–Crippen MR) is 89.4 cm³/mol. The number of aromatic nitrogens is 1. The fraction of sp³-hybridized carbons (Fsp3) is 0.412. The van der Waals surface area contributed by atoms with Crippen LogP contribution < -0.4 is 5.32 Å². The minimum atomic E-state index is -3.24. The number of sulfone groups is 1. The highest BCUT2D eigenvalue weighted by molar-refractivity contribution is 7.91. The van der Waals surface area contributed by atoms with Crippen molar-refractivity contribution in [2.45, 2.75) is 30.1 Å². The minimum absolute atomic E-state index is 0.123. The van der Waals surface area contributed by atoms with Crippen molar-refractivity contribution in [2.75, 3.05) is 24.3 Å². The van der Waals surface area contributed by atoms with Crippen LogP contribution in [0.4, 0.5) is 5.69 Å². The summed E-state index contributed by atoms with van der Waals surface area (Å²) in [5, 5.41) is 2.69. The SMILES string of the molecule is O=C(Nc1ccc2c(c1)S(=O)(=O)CC2)c1coc(C2CCOCC2)n1. The second-order valence-electron chi connectivity index (χ2n) is 6.30. The van der Waals surface area contributed by atoms with E-state index in [0.29, 0.717) is 36.1 Å². The third-order valence-electron chi connectivity index (χ3n) is 4.63. The average molecular weight is 362 g/mol. The highest BCUT2D eigenvalue weighted by atomic mass is 32.2. The van der Waals surface area contributed by atoms with E-state index in [0.717, 1.165) is 18.4 Å². The monoisotopic (exact) mass is 362 g/mol. The van der Waals surface area contributed by atoms with Crippen molar-refractivity contribution in [3.63, 3.8) is 0 Å². The van der Waals surface area contributed by atoms with Gasteiger partial charge in [0.15, 0.2) is 21.4 Å². The van der Waals surface area contributed by atoms with Crippen LogP contribution >= 0.6 is 0 Å². The van der Waals surface area contributed by atoms with E-state index in [2.05, 4.69) is 10.3 Å². The van der Waals surface area contributed by atoms with Crippen molar-refractivity contribution in [1.29, 1.82) is 0 Å². The number of oxazole rings is 1. The van der Waals surface area contributed by atoms with Gasteiger partial charge in [0.2, 0.25) is 0 Å². The highest BCUT2D eigenvalue weighted by Crippen LogP contribution is 2.29. The van der Waals surface area contributed by atoms with Gasteiger partial charge in [-0.25, -0.2) is 13.4 Å². The Bertz CT molecular complexity index is 913. The zero-order valence-electron chi connectivity index (χ0n) is 13.5. The summed E-state index contributed by atoms with van der Waals surface area (Å²) in [7, 11) is -3.24. The zero-order chi connectivity index (χ0) is 17.4. The summed E-state index contributed by atoms with van der Waals surface area (Å²) in [6, 6.07) is 4.96. The Hall–Kier alpha value is -2.19.